The van der Waals surface area contributed by atoms with Crippen molar-refractivity contribution >= 4 is 50.8 Å². The third kappa shape index (κ3) is 5.87. The minimum absolute atomic E-state index is 0.000943. The average Bonchev–Trinajstić information content (AvgIpc) is 2.98. The number of rotatable bonds is 4. The molecule has 1 heterocycles. The standard InChI is InChI=1S/C16H17BrN4O3S/c1-9(2)18-16(24)19-11-5-3-4-10(8-11)14(22)20-21-15(23)12-6-7-13(17)25-12/h3-9H,1-2H3,(H,20,22)(H,21,23)(H2,18,19,24). The summed E-state index contributed by atoms with van der Waals surface area (Å²) in [5.41, 5.74) is 5.46. The van der Waals surface area contributed by atoms with Gasteiger partial charge in [0.15, 0.2) is 0 Å². The van der Waals surface area contributed by atoms with Crippen molar-refractivity contribution in [1.29, 1.82) is 0 Å². The first-order chi connectivity index (χ1) is 11.8. The summed E-state index contributed by atoms with van der Waals surface area (Å²) in [4.78, 5) is 36.2. The molecular formula is C16H17BrN4O3S. The van der Waals surface area contributed by atoms with Crippen molar-refractivity contribution in [2.45, 2.75) is 19.9 Å². The molecule has 0 unspecified atom stereocenters. The van der Waals surface area contributed by atoms with Gasteiger partial charge in [0.1, 0.15) is 0 Å². The second-order valence-electron chi connectivity index (χ2n) is 5.35. The summed E-state index contributed by atoms with van der Waals surface area (Å²) in [6, 6.07) is 9.43. The predicted molar refractivity (Wildman–Crippen MR) is 101 cm³/mol. The van der Waals surface area contributed by atoms with Crippen molar-refractivity contribution in [3.05, 3.63) is 50.6 Å². The van der Waals surface area contributed by atoms with E-state index in [4.69, 9.17) is 0 Å². The predicted octanol–water partition coefficient (Wildman–Crippen LogP) is 3.12. The van der Waals surface area contributed by atoms with Gasteiger partial charge >= 0.3 is 6.03 Å². The molecule has 1 aromatic carbocycles. The van der Waals surface area contributed by atoms with E-state index in [0.717, 1.165) is 3.79 Å². The number of hydrazine groups is 1. The molecule has 4 amide bonds. The molecule has 0 fully saturated rings. The molecular weight excluding hydrogens is 408 g/mol. The zero-order chi connectivity index (χ0) is 18.4. The molecule has 0 aliphatic heterocycles. The maximum absolute atomic E-state index is 12.1. The van der Waals surface area contributed by atoms with E-state index in [1.807, 2.05) is 13.8 Å². The van der Waals surface area contributed by atoms with Crippen LogP contribution in [-0.4, -0.2) is 23.9 Å². The van der Waals surface area contributed by atoms with Crippen LogP contribution in [0.2, 0.25) is 0 Å². The Hall–Kier alpha value is -2.39. The van der Waals surface area contributed by atoms with E-state index in [-0.39, 0.29) is 12.1 Å². The van der Waals surface area contributed by atoms with Crippen molar-refractivity contribution in [2.75, 3.05) is 5.32 Å². The van der Waals surface area contributed by atoms with E-state index in [1.165, 1.54) is 17.4 Å². The number of thiophene rings is 1. The van der Waals surface area contributed by atoms with Crippen LogP contribution >= 0.6 is 27.3 Å². The van der Waals surface area contributed by atoms with Crippen LogP contribution in [0.5, 0.6) is 0 Å². The van der Waals surface area contributed by atoms with Gasteiger partial charge in [0.05, 0.1) is 8.66 Å². The van der Waals surface area contributed by atoms with Gasteiger partial charge in [0.25, 0.3) is 11.8 Å². The summed E-state index contributed by atoms with van der Waals surface area (Å²) in [6.07, 6.45) is 0. The number of halogens is 1. The fourth-order valence-corrected chi connectivity index (χ4v) is 3.13. The average molecular weight is 425 g/mol. The maximum Gasteiger partial charge on any atom is 0.319 e. The van der Waals surface area contributed by atoms with E-state index in [0.29, 0.717) is 16.1 Å². The Morgan fingerprint density at radius 3 is 2.40 bits per heavy atom. The van der Waals surface area contributed by atoms with Gasteiger partial charge in [-0.2, -0.15) is 0 Å². The molecule has 0 aliphatic rings. The minimum Gasteiger partial charge on any atom is -0.336 e. The molecule has 0 radical (unpaired) electrons. The molecule has 4 N–H and O–H groups in total. The fraction of sp³-hybridized carbons (Fsp3) is 0.188. The molecule has 0 aliphatic carbocycles. The van der Waals surface area contributed by atoms with Gasteiger partial charge in [-0.05, 0) is 60.1 Å². The molecule has 0 spiro atoms. The first-order valence-corrected chi connectivity index (χ1v) is 8.99. The quantitative estimate of drug-likeness (QED) is 0.567. The number of benzene rings is 1. The summed E-state index contributed by atoms with van der Waals surface area (Å²) < 4.78 is 0.822. The van der Waals surface area contributed by atoms with Crippen molar-refractivity contribution in [3.63, 3.8) is 0 Å². The number of amides is 4. The summed E-state index contributed by atoms with van der Waals surface area (Å²) in [7, 11) is 0. The number of hydrogen-bond donors (Lipinski definition) is 4. The van der Waals surface area contributed by atoms with Gasteiger partial charge in [0, 0.05) is 17.3 Å². The fourth-order valence-electron chi connectivity index (χ4n) is 1.85. The topological polar surface area (TPSA) is 99.3 Å². The Morgan fingerprint density at radius 2 is 1.76 bits per heavy atom. The Morgan fingerprint density at radius 1 is 1.04 bits per heavy atom. The van der Waals surface area contributed by atoms with Crippen LogP contribution in [0.4, 0.5) is 10.5 Å². The minimum atomic E-state index is -0.489. The molecule has 0 saturated carbocycles. The van der Waals surface area contributed by atoms with Crippen LogP contribution in [-0.2, 0) is 0 Å². The van der Waals surface area contributed by atoms with Crippen LogP contribution in [0.25, 0.3) is 0 Å². The van der Waals surface area contributed by atoms with Crippen molar-refractivity contribution < 1.29 is 14.4 Å². The van der Waals surface area contributed by atoms with Crippen LogP contribution < -0.4 is 21.5 Å². The molecule has 2 rings (SSSR count). The smallest absolute Gasteiger partial charge is 0.319 e. The highest BCUT2D eigenvalue weighted by Crippen LogP contribution is 2.21. The Labute approximate surface area is 157 Å². The van der Waals surface area contributed by atoms with Crippen molar-refractivity contribution in [1.82, 2.24) is 16.2 Å². The molecule has 7 nitrogen and oxygen atoms in total. The third-order valence-electron chi connectivity index (χ3n) is 2.89. The molecule has 25 heavy (non-hydrogen) atoms. The van der Waals surface area contributed by atoms with Gasteiger partial charge < -0.3 is 10.6 Å². The third-order valence-corrected chi connectivity index (χ3v) is 4.51. The molecule has 0 atom stereocenters. The molecule has 0 bridgehead atoms. The summed E-state index contributed by atoms with van der Waals surface area (Å²) in [5.74, 6) is -0.897. The lowest BCUT2D eigenvalue weighted by Crippen LogP contribution is -2.41. The van der Waals surface area contributed by atoms with Gasteiger partial charge in [-0.1, -0.05) is 6.07 Å². The van der Waals surface area contributed by atoms with Gasteiger partial charge in [0.2, 0.25) is 0 Å². The lowest BCUT2D eigenvalue weighted by atomic mass is 10.2. The highest BCUT2D eigenvalue weighted by atomic mass is 79.9. The van der Waals surface area contributed by atoms with Gasteiger partial charge in [-0.15, -0.1) is 11.3 Å². The summed E-state index contributed by atoms with van der Waals surface area (Å²) in [6.45, 7) is 3.69. The van der Waals surface area contributed by atoms with E-state index >= 15 is 0 Å². The van der Waals surface area contributed by atoms with Crippen LogP contribution in [0.3, 0.4) is 0 Å². The lowest BCUT2D eigenvalue weighted by molar-refractivity contribution is 0.0849. The Balaban J connectivity index is 1.94. The van der Waals surface area contributed by atoms with E-state index in [1.54, 1.807) is 30.3 Å². The summed E-state index contributed by atoms with van der Waals surface area (Å²) >= 11 is 4.53. The SMILES string of the molecule is CC(C)NC(=O)Nc1cccc(C(=O)NNC(=O)c2ccc(Br)s2)c1. The highest BCUT2D eigenvalue weighted by molar-refractivity contribution is 9.11. The number of carbonyl (C=O) groups is 3. The first kappa shape index (κ1) is 18.9. The monoisotopic (exact) mass is 424 g/mol. The van der Waals surface area contributed by atoms with E-state index in [2.05, 4.69) is 37.4 Å². The highest BCUT2D eigenvalue weighted by Gasteiger charge is 2.12. The molecule has 1 aromatic heterocycles. The number of nitrogens with one attached hydrogen (secondary N) is 4. The second-order valence-corrected chi connectivity index (χ2v) is 7.81. The van der Waals surface area contributed by atoms with Crippen LogP contribution in [0.1, 0.15) is 33.9 Å². The van der Waals surface area contributed by atoms with E-state index < -0.39 is 11.8 Å². The van der Waals surface area contributed by atoms with Gasteiger partial charge in [-0.25, -0.2) is 4.79 Å². The largest absolute Gasteiger partial charge is 0.336 e. The first-order valence-electron chi connectivity index (χ1n) is 7.39. The second kappa shape index (κ2) is 8.63. The van der Waals surface area contributed by atoms with Gasteiger partial charge in [-0.3, -0.25) is 20.4 Å². The van der Waals surface area contributed by atoms with Crippen molar-refractivity contribution in [3.8, 4) is 0 Å². The number of urea groups is 1. The Kier molecular flexibility index (Phi) is 6.54. The van der Waals surface area contributed by atoms with E-state index in [9.17, 15) is 14.4 Å². The normalized spacial score (nSPS) is 10.2. The molecule has 0 saturated heterocycles. The zero-order valence-corrected chi connectivity index (χ0v) is 16.0. The lowest BCUT2D eigenvalue weighted by Gasteiger charge is -2.11. The number of anilines is 1. The maximum atomic E-state index is 12.1. The Bertz CT molecular complexity index is 791. The van der Waals surface area contributed by atoms with Crippen LogP contribution in [0.15, 0.2) is 40.2 Å². The molecule has 132 valence electrons. The zero-order valence-electron chi connectivity index (χ0n) is 13.6. The van der Waals surface area contributed by atoms with Crippen LogP contribution in [0, 0.1) is 0 Å². The molecule has 9 heteroatoms. The number of carbonyl (C=O) groups excluding carboxylic acids is 3. The van der Waals surface area contributed by atoms with Crippen molar-refractivity contribution in [2.24, 2.45) is 0 Å². The number of hydrogen-bond acceptors (Lipinski definition) is 4. The molecule has 2 aromatic rings. The summed E-state index contributed by atoms with van der Waals surface area (Å²) in [5, 5.41) is 5.33.